The van der Waals surface area contributed by atoms with E-state index >= 15 is 0 Å². The molecule has 1 aromatic carbocycles. The van der Waals surface area contributed by atoms with Crippen molar-refractivity contribution in [3.8, 4) is 0 Å². The fraction of sp³-hybridized carbons (Fsp3) is 0.250. The number of hydrogen-bond acceptors (Lipinski definition) is 4. The number of anilines is 1. The zero-order chi connectivity index (χ0) is 16.7. The number of benzene rings is 1. The summed E-state index contributed by atoms with van der Waals surface area (Å²) in [5.41, 5.74) is 1.15. The molecule has 2 amide bonds. The molecule has 2 aromatic rings. The molecule has 0 saturated carbocycles. The predicted octanol–water partition coefficient (Wildman–Crippen LogP) is 1.60. The highest BCUT2D eigenvalue weighted by Gasteiger charge is 2.06. The van der Waals surface area contributed by atoms with Crippen molar-refractivity contribution in [2.45, 2.75) is 19.8 Å². The lowest BCUT2D eigenvalue weighted by Crippen LogP contribution is -2.24. The molecule has 120 valence electrons. The fourth-order valence-corrected chi connectivity index (χ4v) is 1.95. The van der Waals surface area contributed by atoms with Gasteiger partial charge in [0.2, 0.25) is 5.91 Å². The maximum Gasteiger partial charge on any atom is 0.251 e. The topological polar surface area (TPSA) is 99.8 Å². The van der Waals surface area contributed by atoms with Crippen LogP contribution in [0.25, 0.3) is 0 Å². The Morgan fingerprint density at radius 2 is 2.04 bits per heavy atom. The highest BCUT2D eigenvalue weighted by atomic mass is 16.2. The quantitative estimate of drug-likeness (QED) is 0.534. The van der Waals surface area contributed by atoms with Gasteiger partial charge in [-0.2, -0.15) is 5.10 Å². The number of amides is 2. The van der Waals surface area contributed by atoms with Gasteiger partial charge >= 0.3 is 0 Å². The summed E-state index contributed by atoms with van der Waals surface area (Å²) in [6, 6.07) is 6.67. The minimum absolute atomic E-state index is 0.155. The number of carbonyl (C=O) groups is 2. The van der Waals surface area contributed by atoms with Gasteiger partial charge in [0.05, 0.1) is 0 Å². The van der Waals surface area contributed by atoms with Crippen molar-refractivity contribution in [2.75, 3.05) is 11.9 Å². The van der Waals surface area contributed by atoms with Crippen molar-refractivity contribution >= 4 is 17.5 Å². The van der Waals surface area contributed by atoms with Gasteiger partial charge in [-0.15, -0.1) is 0 Å². The highest BCUT2D eigenvalue weighted by molar-refractivity contribution is 5.99. The molecule has 0 bridgehead atoms. The van der Waals surface area contributed by atoms with Gasteiger partial charge in [0.15, 0.2) is 5.82 Å². The Labute approximate surface area is 134 Å². The first-order chi connectivity index (χ1) is 11.1. The van der Waals surface area contributed by atoms with Crippen LogP contribution < -0.4 is 10.6 Å². The van der Waals surface area contributed by atoms with Crippen LogP contribution in [0.15, 0.2) is 36.9 Å². The third-order valence-corrected chi connectivity index (χ3v) is 3.11. The molecule has 7 nitrogen and oxygen atoms in total. The first-order valence-electron chi connectivity index (χ1n) is 7.28. The largest absolute Gasteiger partial charge is 0.352 e. The van der Waals surface area contributed by atoms with Crippen molar-refractivity contribution < 1.29 is 9.59 Å². The molecule has 0 spiro atoms. The number of nitrogens with one attached hydrogen (secondary N) is 3. The number of aryl methyl sites for hydroxylation is 2. The van der Waals surface area contributed by atoms with E-state index in [4.69, 9.17) is 0 Å². The molecule has 0 fully saturated rings. The summed E-state index contributed by atoms with van der Waals surface area (Å²) < 4.78 is 0. The van der Waals surface area contributed by atoms with Gasteiger partial charge in [0.1, 0.15) is 5.82 Å². The molecule has 1 aromatic heterocycles. The molecular formula is C16H19N5O2. The third-order valence-electron chi connectivity index (χ3n) is 3.11. The molecule has 0 aliphatic carbocycles. The molecule has 3 N–H and O–H groups in total. The zero-order valence-corrected chi connectivity index (χ0v) is 12.9. The first-order valence-corrected chi connectivity index (χ1v) is 7.28. The number of nitrogens with zero attached hydrogens (tertiary/aromatic N) is 2. The summed E-state index contributed by atoms with van der Waals surface area (Å²) >= 11 is 0. The van der Waals surface area contributed by atoms with E-state index in [2.05, 4.69) is 32.4 Å². The van der Waals surface area contributed by atoms with Crippen molar-refractivity contribution in [2.24, 2.45) is 0 Å². The van der Waals surface area contributed by atoms with Crippen LogP contribution in [0, 0.1) is 6.92 Å². The van der Waals surface area contributed by atoms with E-state index in [-0.39, 0.29) is 11.8 Å². The van der Waals surface area contributed by atoms with Gasteiger partial charge in [0, 0.05) is 24.2 Å². The highest BCUT2D eigenvalue weighted by Crippen LogP contribution is 2.09. The van der Waals surface area contributed by atoms with Gasteiger partial charge in [-0.1, -0.05) is 6.58 Å². The van der Waals surface area contributed by atoms with Crippen LogP contribution in [0.2, 0.25) is 0 Å². The minimum atomic E-state index is -0.288. The van der Waals surface area contributed by atoms with Crippen LogP contribution in [0.1, 0.15) is 28.4 Å². The molecular weight excluding hydrogens is 294 g/mol. The van der Waals surface area contributed by atoms with Crippen LogP contribution >= 0.6 is 0 Å². The minimum Gasteiger partial charge on any atom is -0.352 e. The summed E-state index contributed by atoms with van der Waals surface area (Å²) in [4.78, 5) is 27.4. The predicted molar refractivity (Wildman–Crippen MR) is 87.0 cm³/mol. The number of aromatic nitrogens is 3. The maximum atomic E-state index is 12.0. The average molecular weight is 313 g/mol. The fourth-order valence-electron chi connectivity index (χ4n) is 1.95. The van der Waals surface area contributed by atoms with Crippen molar-refractivity contribution in [3.05, 3.63) is 54.1 Å². The summed E-state index contributed by atoms with van der Waals surface area (Å²) in [6.45, 7) is 5.77. The van der Waals surface area contributed by atoms with Crippen molar-refractivity contribution in [3.63, 3.8) is 0 Å². The Hall–Kier alpha value is -2.96. The molecule has 0 aliphatic heterocycles. The molecule has 1 heterocycles. The second-order valence-electron chi connectivity index (χ2n) is 4.97. The second kappa shape index (κ2) is 7.88. The van der Waals surface area contributed by atoms with E-state index < -0.39 is 0 Å². The van der Waals surface area contributed by atoms with E-state index in [1.54, 1.807) is 24.3 Å². The van der Waals surface area contributed by atoms with Crippen LogP contribution in [0.4, 0.5) is 5.69 Å². The standard InChI is InChI=1S/C16H19N5O2/c1-3-15(22)19-13-8-6-12(7-9-13)16(23)17-10-4-5-14-18-11(2)20-21-14/h3,6-9H,1,4-5,10H2,2H3,(H,17,23)(H,19,22)(H,18,20,21). The molecule has 0 aliphatic rings. The van der Waals surface area contributed by atoms with Gasteiger partial charge in [-0.05, 0) is 43.7 Å². The number of H-pyrrole nitrogens is 1. The van der Waals surface area contributed by atoms with E-state index in [0.717, 1.165) is 18.1 Å². The average Bonchev–Trinajstić information content (AvgIpc) is 2.97. The second-order valence-corrected chi connectivity index (χ2v) is 4.97. The summed E-state index contributed by atoms with van der Waals surface area (Å²) in [7, 11) is 0. The molecule has 0 unspecified atom stereocenters. The molecule has 0 radical (unpaired) electrons. The first kappa shape index (κ1) is 16.4. The lowest BCUT2D eigenvalue weighted by atomic mass is 10.2. The smallest absolute Gasteiger partial charge is 0.251 e. The third kappa shape index (κ3) is 5.06. The van der Waals surface area contributed by atoms with Crippen LogP contribution in [0.3, 0.4) is 0 Å². The number of carbonyl (C=O) groups excluding carboxylic acids is 2. The number of hydrogen-bond donors (Lipinski definition) is 3. The van der Waals surface area contributed by atoms with Gasteiger partial charge < -0.3 is 10.6 Å². The SMILES string of the molecule is C=CC(=O)Nc1ccc(C(=O)NCCCc2n[nH]c(C)n2)cc1. The lowest BCUT2D eigenvalue weighted by Gasteiger charge is -2.06. The van der Waals surface area contributed by atoms with Crippen LogP contribution in [-0.4, -0.2) is 33.5 Å². The Morgan fingerprint density at radius 1 is 1.30 bits per heavy atom. The molecule has 0 saturated heterocycles. The molecule has 7 heteroatoms. The van der Waals surface area contributed by atoms with Gasteiger partial charge in [0.25, 0.3) is 5.91 Å². The van der Waals surface area contributed by atoms with E-state index in [1.807, 2.05) is 6.92 Å². The lowest BCUT2D eigenvalue weighted by molar-refractivity contribution is -0.111. The zero-order valence-electron chi connectivity index (χ0n) is 12.9. The Bertz CT molecular complexity index is 691. The number of rotatable bonds is 7. The Balaban J connectivity index is 1.76. The van der Waals surface area contributed by atoms with Crippen LogP contribution in [-0.2, 0) is 11.2 Å². The van der Waals surface area contributed by atoms with Gasteiger partial charge in [-0.25, -0.2) is 4.98 Å². The Kier molecular flexibility index (Phi) is 5.62. The maximum absolute atomic E-state index is 12.0. The van der Waals surface area contributed by atoms with Crippen molar-refractivity contribution in [1.82, 2.24) is 20.5 Å². The molecule has 0 atom stereocenters. The molecule has 23 heavy (non-hydrogen) atoms. The Morgan fingerprint density at radius 3 is 2.65 bits per heavy atom. The normalized spacial score (nSPS) is 10.1. The number of aromatic amines is 1. The summed E-state index contributed by atoms with van der Waals surface area (Å²) in [5, 5.41) is 12.3. The summed E-state index contributed by atoms with van der Waals surface area (Å²) in [6.07, 6.45) is 2.66. The van der Waals surface area contributed by atoms with E-state index in [0.29, 0.717) is 24.2 Å². The summed E-state index contributed by atoms with van der Waals surface area (Å²) in [5.74, 6) is 1.09. The van der Waals surface area contributed by atoms with Crippen LogP contribution in [0.5, 0.6) is 0 Å². The monoisotopic (exact) mass is 313 g/mol. The molecule has 2 rings (SSSR count). The van der Waals surface area contributed by atoms with E-state index in [9.17, 15) is 9.59 Å². The van der Waals surface area contributed by atoms with Gasteiger partial charge in [-0.3, -0.25) is 14.7 Å². The van der Waals surface area contributed by atoms with E-state index in [1.165, 1.54) is 6.08 Å². The van der Waals surface area contributed by atoms with Crippen molar-refractivity contribution in [1.29, 1.82) is 0 Å².